The molecule has 0 aliphatic carbocycles. The van der Waals surface area contributed by atoms with E-state index in [1.54, 1.807) is 20.4 Å². The zero-order valence-electron chi connectivity index (χ0n) is 12.9. The molecule has 1 aromatic heterocycles. The van der Waals surface area contributed by atoms with Gasteiger partial charge in [-0.1, -0.05) is 13.0 Å². The van der Waals surface area contributed by atoms with Gasteiger partial charge in [0.05, 0.1) is 13.2 Å². The molecule has 0 saturated carbocycles. The van der Waals surface area contributed by atoms with E-state index in [9.17, 15) is 0 Å². The first kappa shape index (κ1) is 19.9. The molecule has 0 saturated heterocycles. The predicted molar refractivity (Wildman–Crippen MR) is 95.5 cm³/mol. The Balaban J connectivity index is 0.00000400. The summed E-state index contributed by atoms with van der Waals surface area (Å²) in [6.07, 6.45) is 2.70. The minimum Gasteiger partial charge on any atom is -0.477 e. The number of guanidine groups is 1. The number of nitrogens with zero attached hydrogens (tertiary/aromatic N) is 2. The number of ether oxygens (including phenoxy) is 2. The third-order valence-electron chi connectivity index (χ3n) is 2.56. The van der Waals surface area contributed by atoms with Crippen LogP contribution >= 0.6 is 24.0 Å². The van der Waals surface area contributed by atoms with Crippen LogP contribution in [0.5, 0.6) is 5.88 Å². The topological polar surface area (TPSA) is 67.8 Å². The number of aliphatic imine (C=N–C) groups is 1. The molecule has 0 bridgehead atoms. The summed E-state index contributed by atoms with van der Waals surface area (Å²) in [6, 6.07) is 3.89. The summed E-state index contributed by atoms with van der Waals surface area (Å²) in [5.41, 5.74) is 1.01. The van der Waals surface area contributed by atoms with Gasteiger partial charge in [0.25, 0.3) is 0 Å². The monoisotopic (exact) mass is 408 g/mol. The smallest absolute Gasteiger partial charge is 0.218 e. The molecule has 0 aliphatic rings. The van der Waals surface area contributed by atoms with Crippen LogP contribution in [0.15, 0.2) is 23.3 Å². The molecule has 0 atom stereocenters. The molecule has 0 amide bonds. The zero-order chi connectivity index (χ0) is 14.6. The van der Waals surface area contributed by atoms with E-state index in [0.29, 0.717) is 32.2 Å². The van der Waals surface area contributed by atoms with Gasteiger partial charge in [0.1, 0.15) is 0 Å². The minimum atomic E-state index is 0. The Labute approximate surface area is 143 Å². The van der Waals surface area contributed by atoms with E-state index in [-0.39, 0.29) is 24.0 Å². The first-order chi connectivity index (χ1) is 9.81. The Morgan fingerprint density at radius 3 is 2.81 bits per heavy atom. The van der Waals surface area contributed by atoms with Crippen LogP contribution in [-0.2, 0) is 11.3 Å². The summed E-state index contributed by atoms with van der Waals surface area (Å²) in [4.78, 5) is 8.40. The van der Waals surface area contributed by atoms with Gasteiger partial charge in [-0.3, -0.25) is 4.99 Å². The predicted octanol–water partition coefficient (Wildman–Crippen LogP) is 1.80. The molecule has 2 N–H and O–H groups in total. The molecule has 21 heavy (non-hydrogen) atoms. The summed E-state index contributed by atoms with van der Waals surface area (Å²) >= 11 is 0. The van der Waals surface area contributed by atoms with Gasteiger partial charge in [-0.25, -0.2) is 4.98 Å². The second kappa shape index (κ2) is 12.6. The highest BCUT2D eigenvalue weighted by Crippen LogP contribution is 2.13. The fraction of sp³-hybridized carbons (Fsp3) is 0.571. The summed E-state index contributed by atoms with van der Waals surface area (Å²) in [6.45, 7) is 4.70. The molecule has 0 radical (unpaired) electrons. The number of nitrogens with one attached hydrogen (secondary N) is 2. The van der Waals surface area contributed by atoms with E-state index < -0.39 is 0 Å². The van der Waals surface area contributed by atoms with Crippen molar-refractivity contribution in [3.63, 3.8) is 0 Å². The number of rotatable bonds is 8. The van der Waals surface area contributed by atoms with Crippen LogP contribution in [0.1, 0.15) is 18.9 Å². The average Bonchev–Trinajstić information content (AvgIpc) is 2.49. The maximum atomic E-state index is 5.62. The molecular formula is C14H25IN4O2. The molecule has 0 aromatic carbocycles. The lowest BCUT2D eigenvalue weighted by Crippen LogP contribution is -2.38. The average molecular weight is 408 g/mol. The van der Waals surface area contributed by atoms with Crippen molar-refractivity contribution in [3.05, 3.63) is 23.9 Å². The molecule has 7 heteroatoms. The van der Waals surface area contributed by atoms with Crippen molar-refractivity contribution < 1.29 is 9.47 Å². The van der Waals surface area contributed by atoms with Gasteiger partial charge in [-0.2, -0.15) is 0 Å². The Kier molecular flexibility index (Phi) is 12.0. The lowest BCUT2D eigenvalue weighted by molar-refractivity contribution is 0.203. The van der Waals surface area contributed by atoms with Crippen molar-refractivity contribution in [1.29, 1.82) is 0 Å². The van der Waals surface area contributed by atoms with Crippen molar-refractivity contribution >= 4 is 29.9 Å². The van der Waals surface area contributed by atoms with Crippen LogP contribution in [0, 0.1) is 0 Å². The normalized spacial score (nSPS) is 10.7. The quantitative estimate of drug-likeness (QED) is 0.297. The lowest BCUT2D eigenvalue weighted by atomic mass is 10.2. The number of methoxy groups -OCH3 is 1. The van der Waals surface area contributed by atoms with Gasteiger partial charge >= 0.3 is 0 Å². The van der Waals surface area contributed by atoms with Crippen LogP contribution < -0.4 is 15.4 Å². The molecule has 1 heterocycles. The number of hydrogen-bond acceptors (Lipinski definition) is 4. The van der Waals surface area contributed by atoms with Crippen molar-refractivity contribution in [1.82, 2.24) is 15.6 Å². The fourth-order valence-electron chi connectivity index (χ4n) is 1.56. The summed E-state index contributed by atoms with van der Waals surface area (Å²) in [5, 5.41) is 6.38. The van der Waals surface area contributed by atoms with Gasteiger partial charge in [0.2, 0.25) is 5.88 Å². The van der Waals surface area contributed by atoms with E-state index in [1.807, 2.05) is 12.1 Å². The van der Waals surface area contributed by atoms with E-state index in [2.05, 4.69) is 27.5 Å². The molecule has 0 spiro atoms. The van der Waals surface area contributed by atoms with Crippen molar-refractivity contribution in [2.45, 2.75) is 19.9 Å². The highest BCUT2D eigenvalue weighted by molar-refractivity contribution is 14.0. The lowest BCUT2D eigenvalue weighted by Gasteiger charge is -2.13. The van der Waals surface area contributed by atoms with Crippen LogP contribution in [-0.4, -0.2) is 44.9 Å². The second-order valence-corrected chi connectivity index (χ2v) is 4.16. The molecule has 0 aliphatic heterocycles. The van der Waals surface area contributed by atoms with Gasteiger partial charge in [0.15, 0.2) is 5.96 Å². The highest BCUT2D eigenvalue weighted by atomic mass is 127. The molecule has 120 valence electrons. The van der Waals surface area contributed by atoms with Crippen LogP contribution in [0.2, 0.25) is 0 Å². The van der Waals surface area contributed by atoms with E-state index in [4.69, 9.17) is 9.47 Å². The molecule has 6 nitrogen and oxygen atoms in total. The van der Waals surface area contributed by atoms with E-state index in [0.717, 1.165) is 17.9 Å². The van der Waals surface area contributed by atoms with Gasteiger partial charge in [-0.05, 0) is 12.5 Å². The van der Waals surface area contributed by atoms with Crippen molar-refractivity contribution in [3.8, 4) is 5.88 Å². The molecule has 1 aromatic rings. The first-order valence-corrected chi connectivity index (χ1v) is 6.82. The third kappa shape index (κ3) is 8.05. The SMILES string of the molecule is CCCOc1ncccc1CNC(=NC)NCCOC.I. The van der Waals surface area contributed by atoms with Gasteiger partial charge in [0, 0.05) is 39.0 Å². The highest BCUT2D eigenvalue weighted by Gasteiger charge is 2.05. The molecule has 1 rings (SSSR count). The van der Waals surface area contributed by atoms with E-state index >= 15 is 0 Å². The Hall–Kier alpha value is -1.09. The fourth-order valence-corrected chi connectivity index (χ4v) is 1.56. The largest absolute Gasteiger partial charge is 0.477 e. The van der Waals surface area contributed by atoms with Crippen LogP contribution in [0.4, 0.5) is 0 Å². The maximum Gasteiger partial charge on any atom is 0.218 e. The summed E-state index contributed by atoms with van der Waals surface area (Å²) in [5.74, 6) is 1.40. The zero-order valence-corrected chi connectivity index (χ0v) is 15.2. The first-order valence-electron chi connectivity index (χ1n) is 6.82. The Morgan fingerprint density at radius 1 is 1.33 bits per heavy atom. The minimum absolute atomic E-state index is 0. The third-order valence-corrected chi connectivity index (χ3v) is 2.56. The Morgan fingerprint density at radius 2 is 2.14 bits per heavy atom. The second-order valence-electron chi connectivity index (χ2n) is 4.16. The maximum absolute atomic E-state index is 5.62. The summed E-state index contributed by atoms with van der Waals surface area (Å²) < 4.78 is 10.6. The van der Waals surface area contributed by atoms with Crippen LogP contribution in [0.3, 0.4) is 0 Å². The van der Waals surface area contributed by atoms with Crippen molar-refractivity contribution in [2.75, 3.05) is 33.9 Å². The van der Waals surface area contributed by atoms with Gasteiger partial charge in [-0.15, -0.1) is 24.0 Å². The van der Waals surface area contributed by atoms with Gasteiger partial charge < -0.3 is 20.1 Å². The molecule has 0 unspecified atom stereocenters. The number of halogens is 1. The molecular weight excluding hydrogens is 383 g/mol. The molecule has 0 fully saturated rings. The standard InChI is InChI=1S/C14H24N4O2.HI/c1-4-9-20-13-12(6-5-7-16-13)11-18-14(15-2)17-8-10-19-3;/h5-7H,4,8-11H2,1-3H3,(H2,15,17,18);1H. The number of pyridine rings is 1. The number of hydrogen-bond donors (Lipinski definition) is 2. The van der Waals surface area contributed by atoms with Crippen molar-refractivity contribution in [2.24, 2.45) is 4.99 Å². The van der Waals surface area contributed by atoms with E-state index in [1.165, 1.54) is 0 Å². The summed E-state index contributed by atoms with van der Waals surface area (Å²) in [7, 11) is 3.41. The van der Waals surface area contributed by atoms with Crippen LogP contribution in [0.25, 0.3) is 0 Å². The Bertz CT molecular complexity index is 416. The number of aromatic nitrogens is 1.